The minimum atomic E-state index is -0.0562. The first-order valence-electron chi connectivity index (χ1n) is 8.55. The van der Waals surface area contributed by atoms with E-state index in [2.05, 4.69) is 28.5 Å². The maximum Gasteiger partial charge on any atom is 0.234 e. The highest BCUT2D eigenvalue weighted by molar-refractivity contribution is 7.99. The number of rotatable bonds is 6. The zero-order valence-electron chi connectivity index (χ0n) is 15.2. The van der Waals surface area contributed by atoms with Gasteiger partial charge in [0.2, 0.25) is 5.91 Å². The molecule has 134 valence electrons. The fourth-order valence-electron chi connectivity index (χ4n) is 2.63. The van der Waals surface area contributed by atoms with Crippen LogP contribution >= 0.6 is 11.8 Å². The van der Waals surface area contributed by atoms with Crippen LogP contribution in [0.25, 0.3) is 11.4 Å². The summed E-state index contributed by atoms with van der Waals surface area (Å²) in [5.74, 6) is 1.03. The van der Waals surface area contributed by atoms with Crippen LogP contribution in [-0.4, -0.2) is 26.4 Å². The lowest BCUT2D eigenvalue weighted by molar-refractivity contribution is -0.113. The molecule has 3 rings (SSSR count). The van der Waals surface area contributed by atoms with Crippen LogP contribution in [0.15, 0.2) is 53.7 Å². The molecule has 0 bridgehead atoms. The molecule has 1 heterocycles. The number of thioether (sulfide) groups is 1. The lowest BCUT2D eigenvalue weighted by Crippen LogP contribution is -2.14. The number of nitrogens with one attached hydrogen (secondary N) is 1. The summed E-state index contributed by atoms with van der Waals surface area (Å²) >= 11 is 1.38. The first kappa shape index (κ1) is 18.2. The maximum absolute atomic E-state index is 12.2. The summed E-state index contributed by atoms with van der Waals surface area (Å²) in [6, 6.07) is 16.1. The van der Waals surface area contributed by atoms with E-state index in [0.717, 1.165) is 28.7 Å². The minimum absolute atomic E-state index is 0.0562. The van der Waals surface area contributed by atoms with Crippen molar-refractivity contribution in [1.82, 2.24) is 14.8 Å². The van der Waals surface area contributed by atoms with E-state index >= 15 is 0 Å². The van der Waals surface area contributed by atoms with Crippen molar-refractivity contribution in [2.24, 2.45) is 7.05 Å². The van der Waals surface area contributed by atoms with E-state index in [1.54, 1.807) is 0 Å². The van der Waals surface area contributed by atoms with Gasteiger partial charge >= 0.3 is 0 Å². The van der Waals surface area contributed by atoms with Crippen molar-refractivity contribution in [3.8, 4) is 11.4 Å². The number of carbonyl (C=O) groups excluding carboxylic acids is 1. The molecule has 0 aliphatic carbocycles. The van der Waals surface area contributed by atoms with Gasteiger partial charge in [0.1, 0.15) is 0 Å². The Morgan fingerprint density at radius 3 is 2.62 bits per heavy atom. The molecular formula is C20H22N4OS. The van der Waals surface area contributed by atoms with E-state index in [9.17, 15) is 4.79 Å². The number of amides is 1. The van der Waals surface area contributed by atoms with Crippen LogP contribution in [0.3, 0.4) is 0 Å². The maximum atomic E-state index is 12.2. The first-order chi connectivity index (χ1) is 12.6. The fourth-order valence-corrected chi connectivity index (χ4v) is 3.34. The number of benzene rings is 2. The lowest BCUT2D eigenvalue weighted by Gasteiger charge is -2.06. The van der Waals surface area contributed by atoms with Crippen LogP contribution in [-0.2, 0) is 18.3 Å². The Bertz CT molecular complexity index is 902. The number of hydrogen-bond donors (Lipinski definition) is 1. The minimum Gasteiger partial charge on any atom is -0.325 e. The molecule has 3 aromatic rings. The first-order valence-corrected chi connectivity index (χ1v) is 9.53. The monoisotopic (exact) mass is 366 g/mol. The molecule has 0 unspecified atom stereocenters. The Labute approximate surface area is 157 Å². The second-order valence-corrected chi connectivity index (χ2v) is 7.06. The Morgan fingerprint density at radius 1 is 1.15 bits per heavy atom. The standard InChI is InChI=1S/C20H22N4OS/c1-4-15-8-10-17(11-9-15)21-18(25)13-26-20-23-22-19(24(20)3)16-7-5-6-14(2)12-16/h5-12H,4,13H2,1-3H3,(H,21,25). The summed E-state index contributed by atoms with van der Waals surface area (Å²) in [5, 5.41) is 12.1. The van der Waals surface area contributed by atoms with Gasteiger partial charge in [-0.1, -0.05) is 54.6 Å². The van der Waals surface area contributed by atoms with Gasteiger partial charge in [-0.15, -0.1) is 10.2 Å². The molecule has 5 nitrogen and oxygen atoms in total. The molecule has 1 N–H and O–H groups in total. The number of aryl methyl sites for hydroxylation is 2. The van der Waals surface area contributed by atoms with E-state index in [4.69, 9.17) is 0 Å². The van der Waals surface area contributed by atoms with Gasteiger partial charge in [0.15, 0.2) is 11.0 Å². The van der Waals surface area contributed by atoms with Crippen molar-refractivity contribution in [1.29, 1.82) is 0 Å². The Morgan fingerprint density at radius 2 is 1.92 bits per heavy atom. The number of aromatic nitrogens is 3. The quantitative estimate of drug-likeness (QED) is 0.668. The normalized spacial score (nSPS) is 10.7. The Hall–Kier alpha value is -2.60. The zero-order chi connectivity index (χ0) is 18.5. The average Bonchev–Trinajstić information content (AvgIpc) is 3.01. The third kappa shape index (κ3) is 4.32. The van der Waals surface area contributed by atoms with Gasteiger partial charge in [-0.3, -0.25) is 4.79 Å². The molecule has 1 aromatic heterocycles. The molecule has 1 amide bonds. The molecular weight excluding hydrogens is 344 g/mol. The second kappa shape index (κ2) is 8.19. The highest BCUT2D eigenvalue weighted by Gasteiger charge is 2.13. The van der Waals surface area contributed by atoms with E-state index in [1.165, 1.54) is 22.9 Å². The van der Waals surface area contributed by atoms with Crippen LogP contribution in [0.1, 0.15) is 18.1 Å². The molecule has 0 spiro atoms. The predicted molar refractivity (Wildman–Crippen MR) is 106 cm³/mol. The molecule has 6 heteroatoms. The van der Waals surface area contributed by atoms with Gasteiger partial charge in [-0.2, -0.15) is 0 Å². The van der Waals surface area contributed by atoms with Crippen molar-refractivity contribution < 1.29 is 4.79 Å². The van der Waals surface area contributed by atoms with Crippen LogP contribution in [0.4, 0.5) is 5.69 Å². The summed E-state index contributed by atoms with van der Waals surface area (Å²) < 4.78 is 1.92. The molecule has 0 radical (unpaired) electrons. The fraction of sp³-hybridized carbons (Fsp3) is 0.250. The van der Waals surface area contributed by atoms with Gasteiger partial charge in [0.25, 0.3) is 0 Å². The summed E-state index contributed by atoms with van der Waals surface area (Å²) in [6.45, 7) is 4.16. The Balaban J connectivity index is 1.61. The van der Waals surface area contributed by atoms with Crippen molar-refractivity contribution in [2.75, 3.05) is 11.1 Å². The van der Waals surface area contributed by atoms with Crippen molar-refractivity contribution >= 4 is 23.4 Å². The smallest absolute Gasteiger partial charge is 0.234 e. The molecule has 2 aromatic carbocycles. The average molecular weight is 366 g/mol. The number of nitrogens with zero attached hydrogens (tertiary/aromatic N) is 3. The highest BCUT2D eigenvalue weighted by Crippen LogP contribution is 2.23. The SMILES string of the molecule is CCc1ccc(NC(=O)CSc2nnc(-c3cccc(C)c3)n2C)cc1. The van der Waals surface area contributed by atoms with Gasteiger partial charge in [-0.05, 0) is 37.1 Å². The summed E-state index contributed by atoms with van der Waals surface area (Å²) in [4.78, 5) is 12.2. The van der Waals surface area contributed by atoms with Crippen LogP contribution in [0.5, 0.6) is 0 Å². The van der Waals surface area contributed by atoms with Gasteiger partial charge < -0.3 is 9.88 Å². The largest absolute Gasteiger partial charge is 0.325 e. The highest BCUT2D eigenvalue weighted by atomic mass is 32.2. The third-order valence-corrected chi connectivity index (χ3v) is 5.11. The van der Waals surface area contributed by atoms with Gasteiger partial charge in [-0.25, -0.2) is 0 Å². The second-order valence-electron chi connectivity index (χ2n) is 6.12. The van der Waals surface area contributed by atoms with E-state index < -0.39 is 0 Å². The van der Waals surface area contributed by atoms with Crippen LogP contribution < -0.4 is 5.32 Å². The summed E-state index contributed by atoms with van der Waals surface area (Å²) in [7, 11) is 1.92. The molecule has 26 heavy (non-hydrogen) atoms. The number of carbonyl (C=O) groups is 1. The molecule has 0 fully saturated rings. The van der Waals surface area contributed by atoms with E-state index in [1.807, 2.05) is 61.0 Å². The topological polar surface area (TPSA) is 59.8 Å². The van der Waals surface area contributed by atoms with Crippen molar-refractivity contribution in [3.05, 3.63) is 59.7 Å². The van der Waals surface area contributed by atoms with Crippen molar-refractivity contribution in [2.45, 2.75) is 25.4 Å². The molecule has 0 saturated heterocycles. The Kier molecular flexibility index (Phi) is 5.73. The number of anilines is 1. The summed E-state index contributed by atoms with van der Waals surface area (Å²) in [6.07, 6.45) is 0.986. The van der Waals surface area contributed by atoms with E-state index in [-0.39, 0.29) is 11.7 Å². The predicted octanol–water partition coefficient (Wildman–Crippen LogP) is 4.08. The van der Waals surface area contributed by atoms with Gasteiger partial charge in [0.05, 0.1) is 5.75 Å². The van der Waals surface area contributed by atoms with Crippen molar-refractivity contribution in [3.63, 3.8) is 0 Å². The zero-order valence-corrected chi connectivity index (χ0v) is 16.0. The summed E-state index contributed by atoms with van der Waals surface area (Å²) in [5.41, 5.74) is 4.26. The third-order valence-electron chi connectivity index (χ3n) is 4.09. The van der Waals surface area contributed by atoms with Crippen LogP contribution in [0, 0.1) is 6.92 Å². The van der Waals surface area contributed by atoms with Gasteiger partial charge in [0, 0.05) is 18.3 Å². The number of hydrogen-bond acceptors (Lipinski definition) is 4. The molecule has 0 aliphatic heterocycles. The lowest BCUT2D eigenvalue weighted by atomic mass is 10.1. The molecule has 0 atom stereocenters. The van der Waals surface area contributed by atoms with E-state index in [0.29, 0.717) is 0 Å². The molecule has 0 aliphatic rings. The molecule has 0 saturated carbocycles. The van der Waals surface area contributed by atoms with Crippen LogP contribution in [0.2, 0.25) is 0 Å².